The summed E-state index contributed by atoms with van der Waals surface area (Å²) >= 11 is 0. The molecule has 2 fully saturated rings. The van der Waals surface area contributed by atoms with Gasteiger partial charge in [-0.25, -0.2) is 0 Å². The average molecular weight is 504 g/mol. The second kappa shape index (κ2) is 12.1. The van der Waals surface area contributed by atoms with E-state index in [2.05, 4.69) is 20.4 Å². The molecular weight excluding hydrogens is 470 g/mol. The standard InChI is InChI=1S/C28H33N5O4/c34-25(19-36-18-20-9-4-3-5-10-20)33-14-7-2-1-6-13-30-27(35)23-15-22(16-24(23)33)28-31-26(32-37-28)21-11-8-12-29-17-21/h3-5,8-12,17,22-24H,1-2,6-7,13-16,18-19H2,(H,30,35)/t22-,23-,24+/m1/s1. The number of nitrogens with one attached hydrogen (secondary N) is 1. The van der Waals surface area contributed by atoms with Gasteiger partial charge in [-0.3, -0.25) is 14.6 Å². The minimum absolute atomic E-state index is 0.00981. The van der Waals surface area contributed by atoms with Crippen molar-refractivity contribution in [2.45, 2.75) is 57.1 Å². The number of aromatic nitrogens is 3. The molecule has 0 radical (unpaired) electrons. The minimum Gasteiger partial charge on any atom is -0.367 e. The van der Waals surface area contributed by atoms with Crippen LogP contribution in [0.15, 0.2) is 59.4 Å². The van der Waals surface area contributed by atoms with E-state index in [-0.39, 0.29) is 36.3 Å². The second-order valence-electron chi connectivity index (χ2n) is 9.81. The van der Waals surface area contributed by atoms with E-state index in [1.807, 2.05) is 47.4 Å². The smallest absolute Gasteiger partial charge is 0.248 e. The Morgan fingerprint density at radius 3 is 2.78 bits per heavy atom. The van der Waals surface area contributed by atoms with Crippen LogP contribution in [0.3, 0.4) is 0 Å². The topological polar surface area (TPSA) is 110 Å². The van der Waals surface area contributed by atoms with Crippen molar-refractivity contribution < 1.29 is 18.8 Å². The molecule has 37 heavy (non-hydrogen) atoms. The fourth-order valence-corrected chi connectivity index (χ4v) is 5.35. The van der Waals surface area contributed by atoms with Crippen LogP contribution < -0.4 is 5.32 Å². The average Bonchev–Trinajstić information content (AvgIpc) is 3.59. The van der Waals surface area contributed by atoms with Gasteiger partial charge in [-0.2, -0.15) is 4.98 Å². The molecule has 3 aromatic rings. The first-order valence-corrected chi connectivity index (χ1v) is 13.1. The van der Waals surface area contributed by atoms with Gasteiger partial charge in [0.15, 0.2) is 0 Å². The fraction of sp³-hybridized carbons (Fsp3) is 0.464. The van der Waals surface area contributed by atoms with Crippen molar-refractivity contribution in [3.63, 3.8) is 0 Å². The third kappa shape index (κ3) is 6.22. The van der Waals surface area contributed by atoms with Crippen LogP contribution in [-0.4, -0.2) is 57.6 Å². The van der Waals surface area contributed by atoms with Crippen molar-refractivity contribution in [2.24, 2.45) is 5.92 Å². The van der Waals surface area contributed by atoms with Gasteiger partial charge in [-0.1, -0.05) is 48.3 Å². The molecule has 9 nitrogen and oxygen atoms in total. The number of fused-ring (bicyclic) bond motifs is 1. The number of benzene rings is 1. The van der Waals surface area contributed by atoms with Crippen LogP contribution in [0, 0.1) is 5.92 Å². The summed E-state index contributed by atoms with van der Waals surface area (Å²) in [6.45, 7) is 1.62. The van der Waals surface area contributed by atoms with Crippen molar-refractivity contribution in [1.82, 2.24) is 25.3 Å². The molecule has 1 saturated heterocycles. The van der Waals surface area contributed by atoms with Gasteiger partial charge in [0.25, 0.3) is 0 Å². The Morgan fingerprint density at radius 2 is 1.95 bits per heavy atom. The van der Waals surface area contributed by atoms with Gasteiger partial charge >= 0.3 is 0 Å². The number of pyridine rings is 1. The molecule has 0 unspecified atom stereocenters. The van der Waals surface area contributed by atoms with Gasteiger partial charge in [0.1, 0.15) is 6.61 Å². The van der Waals surface area contributed by atoms with E-state index in [9.17, 15) is 9.59 Å². The van der Waals surface area contributed by atoms with Gasteiger partial charge in [0.2, 0.25) is 23.5 Å². The Kier molecular flexibility index (Phi) is 8.20. The summed E-state index contributed by atoms with van der Waals surface area (Å²) in [5.41, 5.74) is 1.79. The Bertz CT molecular complexity index is 1170. The molecule has 194 valence electrons. The molecule has 0 bridgehead atoms. The van der Waals surface area contributed by atoms with Gasteiger partial charge in [0.05, 0.1) is 12.5 Å². The van der Waals surface area contributed by atoms with Crippen LogP contribution in [0.4, 0.5) is 0 Å². The van der Waals surface area contributed by atoms with Gasteiger partial charge in [-0.05, 0) is 43.4 Å². The van der Waals surface area contributed by atoms with E-state index in [4.69, 9.17) is 9.26 Å². The van der Waals surface area contributed by atoms with Crippen LogP contribution in [0.1, 0.15) is 55.9 Å². The maximum atomic E-state index is 13.4. The quantitative estimate of drug-likeness (QED) is 0.546. The monoisotopic (exact) mass is 503 g/mol. The van der Waals surface area contributed by atoms with Crippen LogP contribution in [0.2, 0.25) is 0 Å². The molecule has 3 atom stereocenters. The third-order valence-electron chi connectivity index (χ3n) is 7.26. The second-order valence-corrected chi connectivity index (χ2v) is 9.81. The number of amides is 2. The number of carbonyl (C=O) groups excluding carboxylic acids is 2. The molecule has 2 amide bonds. The van der Waals surface area contributed by atoms with Crippen LogP contribution in [0.5, 0.6) is 0 Å². The SMILES string of the molecule is O=C1NCCCCCCN(C(=O)COCc2ccccc2)[C@H]2C[C@H](c3nc(-c4cccnc4)no3)C[C@@H]12. The zero-order valence-electron chi connectivity index (χ0n) is 20.9. The molecule has 0 spiro atoms. The highest BCUT2D eigenvalue weighted by atomic mass is 16.5. The van der Waals surface area contributed by atoms with Crippen molar-refractivity contribution in [2.75, 3.05) is 19.7 Å². The van der Waals surface area contributed by atoms with E-state index in [0.717, 1.165) is 36.8 Å². The number of ether oxygens (including phenoxy) is 1. The highest BCUT2D eigenvalue weighted by Crippen LogP contribution is 2.41. The third-order valence-corrected chi connectivity index (χ3v) is 7.26. The predicted molar refractivity (Wildman–Crippen MR) is 136 cm³/mol. The highest BCUT2D eigenvalue weighted by molar-refractivity contribution is 5.82. The summed E-state index contributed by atoms with van der Waals surface area (Å²) in [6.07, 6.45) is 8.43. The lowest BCUT2D eigenvalue weighted by Gasteiger charge is -2.32. The molecule has 1 aliphatic heterocycles. The molecule has 1 aromatic carbocycles. The maximum absolute atomic E-state index is 13.4. The normalized spacial score (nSPS) is 22.6. The van der Waals surface area contributed by atoms with E-state index in [0.29, 0.717) is 44.3 Å². The number of nitrogens with zero attached hydrogens (tertiary/aromatic N) is 4. The lowest BCUT2D eigenvalue weighted by molar-refractivity contribution is -0.141. The fourth-order valence-electron chi connectivity index (χ4n) is 5.35. The van der Waals surface area contributed by atoms with E-state index in [1.54, 1.807) is 12.4 Å². The van der Waals surface area contributed by atoms with Crippen LogP contribution in [-0.2, 0) is 20.9 Å². The van der Waals surface area contributed by atoms with Crippen molar-refractivity contribution in [1.29, 1.82) is 0 Å². The summed E-state index contributed by atoms with van der Waals surface area (Å²) < 4.78 is 11.4. The van der Waals surface area contributed by atoms with Crippen molar-refractivity contribution in [3.8, 4) is 11.4 Å². The number of rotatable bonds is 6. The van der Waals surface area contributed by atoms with E-state index >= 15 is 0 Å². The molecule has 1 saturated carbocycles. The summed E-state index contributed by atoms with van der Waals surface area (Å²) in [4.78, 5) is 37.3. The molecule has 2 aromatic heterocycles. The largest absolute Gasteiger partial charge is 0.367 e. The Hall–Kier alpha value is -3.59. The minimum atomic E-state index is -0.338. The van der Waals surface area contributed by atoms with Gasteiger partial charge in [0, 0.05) is 43.0 Å². The first-order valence-electron chi connectivity index (χ1n) is 13.1. The molecule has 3 heterocycles. The zero-order chi connectivity index (χ0) is 25.5. The van der Waals surface area contributed by atoms with E-state index in [1.165, 1.54) is 0 Å². The predicted octanol–water partition coefficient (Wildman–Crippen LogP) is 3.73. The number of hydrogen-bond acceptors (Lipinski definition) is 7. The Morgan fingerprint density at radius 1 is 1.08 bits per heavy atom. The summed E-state index contributed by atoms with van der Waals surface area (Å²) in [7, 11) is 0. The van der Waals surface area contributed by atoms with Crippen molar-refractivity contribution in [3.05, 3.63) is 66.3 Å². The molecule has 5 rings (SSSR count). The van der Waals surface area contributed by atoms with Gasteiger partial charge in [-0.15, -0.1) is 0 Å². The molecule has 2 aliphatic rings. The lowest BCUT2D eigenvalue weighted by atomic mass is 10.00. The maximum Gasteiger partial charge on any atom is 0.248 e. The Balaban J connectivity index is 1.33. The summed E-state index contributed by atoms with van der Waals surface area (Å²) in [6, 6.07) is 13.3. The first kappa shape index (κ1) is 25.1. The zero-order valence-corrected chi connectivity index (χ0v) is 20.9. The Labute approximate surface area is 216 Å². The summed E-state index contributed by atoms with van der Waals surface area (Å²) in [5, 5.41) is 7.24. The summed E-state index contributed by atoms with van der Waals surface area (Å²) in [5.74, 6) is 0.435. The highest BCUT2D eigenvalue weighted by Gasteiger charge is 2.45. The first-order chi connectivity index (χ1) is 18.2. The molecule has 9 heteroatoms. The van der Waals surface area contributed by atoms with Crippen LogP contribution >= 0.6 is 0 Å². The van der Waals surface area contributed by atoms with Crippen molar-refractivity contribution >= 4 is 11.8 Å². The molecule has 1 aliphatic carbocycles. The number of carbonyl (C=O) groups is 2. The van der Waals surface area contributed by atoms with E-state index < -0.39 is 0 Å². The lowest BCUT2D eigenvalue weighted by Crippen LogP contribution is -2.48. The number of hydrogen-bond donors (Lipinski definition) is 1. The molecule has 1 N–H and O–H groups in total. The molecular formula is C28H33N5O4. The van der Waals surface area contributed by atoms with Crippen LogP contribution in [0.25, 0.3) is 11.4 Å². The van der Waals surface area contributed by atoms with Gasteiger partial charge < -0.3 is 19.5 Å².